The lowest BCUT2D eigenvalue weighted by atomic mass is 10.0. The molecule has 0 amide bonds. The van der Waals surface area contributed by atoms with Crippen molar-refractivity contribution in [1.82, 2.24) is 0 Å². The number of benzene rings is 2. The second kappa shape index (κ2) is 5.23. The SMILES string of the molecule is O[C@@H](c1ccc(-c2cccc(Cl)c2)cc1)C(F)(F)F. The van der Waals surface area contributed by atoms with Crippen molar-refractivity contribution >= 4 is 11.6 Å². The van der Waals surface area contributed by atoms with E-state index in [4.69, 9.17) is 16.7 Å². The number of aliphatic hydroxyl groups is 1. The second-order valence-electron chi connectivity index (χ2n) is 4.08. The fraction of sp³-hybridized carbons (Fsp3) is 0.143. The Bertz CT molecular complexity index is 564. The van der Waals surface area contributed by atoms with Crippen LogP contribution in [0.4, 0.5) is 13.2 Å². The van der Waals surface area contributed by atoms with Crippen molar-refractivity contribution in [2.45, 2.75) is 12.3 Å². The van der Waals surface area contributed by atoms with Crippen LogP contribution in [-0.2, 0) is 0 Å². The van der Waals surface area contributed by atoms with Gasteiger partial charge >= 0.3 is 6.18 Å². The Morgan fingerprint density at radius 2 is 1.58 bits per heavy atom. The normalized spacial score (nSPS) is 13.3. The first kappa shape index (κ1) is 13.9. The summed E-state index contributed by atoms with van der Waals surface area (Å²) in [5.41, 5.74) is 1.36. The van der Waals surface area contributed by atoms with Crippen molar-refractivity contribution in [3.8, 4) is 11.1 Å². The molecule has 1 N–H and O–H groups in total. The van der Waals surface area contributed by atoms with E-state index in [1.807, 2.05) is 0 Å². The third-order valence-corrected chi connectivity index (χ3v) is 2.93. The zero-order valence-electron chi connectivity index (χ0n) is 9.66. The summed E-state index contributed by atoms with van der Waals surface area (Å²) >= 11 is 5.85. The van der Waals surface area contributed by atoms with Gasteiger partial charge in [0.2, 0.25) is 0 Å². The molecule has 0 spiro atoms. The average Bonchev–Trinajstić information content (AvgIpc) is 2.37. The van der Waals surface area contributed by atoms with Gasteiger partial charge in [0.15, 0.2) is 6.10 Å². The first-order valence-corrected chi connectivity index (χ1v) is 5.86. The molecule has 0 heterocycles. The zero-order chi connectivity index (χ0) is 14.0. The molecule has 0 fully saturated rings. The van der Waals surface area contributed by atoms with Gasteiger partial charge in [-0.05, 0) is 28.8 Å². The highest BCUT2D eigenvalue weighted by atomic mass is 35.5. The summed E-state index contributed by atoms with van der Waals surface area (Å²) in [6.07, 6.45) is -7.11. The molecule has 5 heteroatoms. The molecule has 0 aromatic heterocycles. The van der Waals surface area contributed by atoms with Gasteiger partial charge in [0.1, 0.15) is 0 Å². The molecular formula is C14H10ClF3O. The Balaban J connectivity index is 2.29. The molecule has 0 saturated carbocycles. The van der Waals surface area contributed by atoms with Gasteiger partial charge in [0.05, 0.1) is 0 Å². The van der Waals surface area contributed by atoms with Crippen LogP contribution in [0, 0.1) is 0 Å². The van der Waals surface area contributed by atoms with Gasteiger partial charge in [0.25, 0.3) is 0 Å². The van der Waals surface area contributed by atoms with E-state index in [0.717, 1.165) is 11.1 Å². The molecule has 0 bridgehead atoms. The highest BCUT2D eigenvalue weighted by Crippen LogP contribution is 2.33. The van der Waals surface area contributed by atoms with Crippen molar-refractivity contribution in [1.29, 1.82) is 0 Å². The largest absolute Gasteiger partial charge is 0.418 e. The minimum atomic E-state index is -4.66. The van der Waals surface area contributed by atoms with Gasteiger partial charge in [-0.15, -0.1) is 0 Å². The van der Waals surface area contributed by atoms with Crippen LogP contribution in [0.1, 0.15) is 11.7 Å². The van der Waals surface area contributed by atoms with Crippen LogP contribution in [0.5, 0.6) is 0 Å². The molecule has 0 aliphatic rings. The standard InChI is InChI=1S/C14H10ClF3O/c15-12-3-1-2-11(8-12)9-4-6-10(7-5-9)13(19)14(16,17)18/h1-8,13,19H/t13-/m0/s1. The summed E-state index contributed by atoms with van der Waals surface area (Å²) in [4.78, 5) is 0. The van der Waals surface area contributed by atoms with Crippen LogP contribution >= 0.6 is 11.6 Å². The van der Waals surface area contributed by atoms with Gasteiger partial charge in [-0.25, -0.2) is 0 Å². The average molecular weight is 287 g/mol. The van der Waals surface area contributed by atoms with E-state index in [9.17, 15) is 13.2 Å². The van der Waals surface area contributed by atoms with E-state index in [2.05, 4.69) is 0 Å². The maximum absolute atomic E-state index is 12.3. The molecule has 0 aliphatic carbocycles. The van der Waals surface area contributed by atoms with Gasteiger partial charge in [0, 0.05) is 5.02 Å². The van der Waals surface area contributed by atoms with Crippen LogP contribution in [0.2, 0.25) is 5.02 Å². The van der Waals surface area contributed by atoms with E-state index >= 15 is 0 Å². The summed E-state index contributed by atoms with van der Waals surface area (Å²) in [5, 5.41) is 9.67. The Morgan fingerprint density at radius 1 is 0.947 bits per heavy atom. The molecular weight excluding hydrogens is 277 g/mol. The topological polar surface area (TPSA) is 20.2 Å². The molecule has 1 nitrogen and oxygen atoms in total. The summed E-state index contributed by atoms with van der Waals surface area (Å²) in [6, 6.07) is 12.6. The van der Waals surface area contributed by atoms with E-state index in [-0.39, 0.29) is 5.56 Å². The smallest absolute Gasteiger partial charge is 0.379 e. The Kier molecular flexibility index (Phi) is 3.83. The summed E-state index contributed by atoms with van der Waals surface area (Å²) in [5.74, 6) is 0. The molecule has 0 saturated heterocycles. The van der Waals surface area contributed by atoms with Crippen molar-refractivity contribution < 1.29 is 18.3 Å². The molecule has 2 rings (SSSR count). The van der Waals surface area contributed by atoms with Crippen molar-refractivity contribution in [2.24, 2.45) is 0 Å². The first-order chi connectivity index (χ1) is 8.88. The van der Waals surface area contributed by atoms with Crippen molar-refractivity contribution in [2.75, 3.05) is 0 Å². The van der Waals surface area contributed by atoms with E-state index in [1.165, 1.54) is 24.3 Å². The molecule has 2 aromatic rings. The molecule has 0 radical (unpaired) electrons. The first-order valence-electron chi connectivity index (χ1n) is 5.48. The van der Waals surface area contributed by atoms with Gasteiger partial charge < -0.3 is 5.11 Å². The van der Waals surface area contributed by atoms with Crippen LogP contribution < -0.4 is 0 Å². The molecule has 0 aliphatic heterocycles. The summed E-state index contributed by atoms with van der Waals surface area (Å²) in [7, 11) is 0. The molecule has 100 valence electrons. The maximum atomic E-state index is 12.3. The highest BCUT2D eigenvalue weighted by molar-refractivity contribution is 6.30. The Labute approximate surface area is 113 Å². The van der Waals surface area contributed by atoms with Gasteiger partial charge in [-0.3, -0.25) is 0 Å². The monoisotopic (exact) mass is 286 g/mol. The predicted molar refractivity (Wildman–Crippen MR) is 67.9 cm³/mol. The van der Waals surface area contributed by atoms with E-state index < -0.39 is 12.3 Å². The zero-order valence-corrected chi connectivity index (χ0v) is 10.4. The van der Waals surface area contributed by atoms with Gasteiger partial charge in [-0.1, -0.05) is 48.0 Å². The van der Waals surface area contributed by atoms with Crippen LogP contribution in [0.15, 0.2) is 48.5 Å². The molecule has 19 heavy (non-hydrogen) atoms. The lowest BCUT2D eigenvalue weighted by molar-refractivity contribution is -0.206. The number of hydrogen-bond acceptors (Lipinski definition) is 1. The van der Waals surface area contributed by atoms with Gasteiger partial charge in [-0.2, -0.15) is 13.2 Å². The number of rotatable bonds is 2. The maximum Gasteiger partial charge on any atom is 0.418 e. The quantitative estimate of drug-likeness (QED) is 0.855. The van der Waals surface area contributed by atoms with Crippen molar-refractivity contribution in [3.63, 3.8) is 0 Å². The third-order valence-electron chi connectivity index (χ3n) is 2.69. The van der Waals surface area contributed by atoms with E-state index in [0.29, 0.717) is 5.02 Å². The summed E-state index contributed by atoms with van der Waals surface area (Å²) < 4.78 is 37.0. The summed E-state index contributed by atoms with van der Waals surface area (Å²) in [6.45, 7) is 0. The number of halogens is 4. The molecule has 0 unspecified atom stereocenters. The lowest BCUT2D eigenvalue weighted by Crippen LogP contribution is -2.19. The van der Waals surface area contributed by atoms with Crippen LogP contribution in [-0.4, -0.2) is 11.3 Å². The Morgan fingerprint density at radius 3 is 2.11 bits per heavy atom. The minimum Gasteiger partial charge on any atom is -0.379 e. The molecule has 2 aromatic carbocycles. The second-order valence-corrected chi connectivity index (χ2v) is 4.51. The number of aliphatic hydroxyl groups excluding tert-OH is 1. The van der Waals surface area contributed by atoms with E-state index in [1.54, 1.807) is 24.3 Å². The molecule has 1 atom stereocenters. The predicted octanol–water partition coefficient (Wildman–Crippen LogP) is 4.60. The lowest BCUT2D eigenvalue weighted by Gasteiger charge is -2.15. The Hall–Kier alpha value is -1.52. The van der Waals surface area contributed by atoms with Crippen LogP contribution in [0.25, 0.3) is 11.1 Å². The fourth-order valence-electron chi connectivity index (χ4n) is 1.71. The third kappa shape index (κ3) is 3.28. The minimum absolute atomic E-state index is 0.182. The fourth-order valence-corrected chi connectivity index (χ4v) is 1.91. The van der Waals surface area contributed by atoms with Crippen LogP contribution in [0.3, 0.4) is 0 Å². The van der Waals surface area contributed by atoms with Crippen molar-refractivity contribution in [3.05, 3.63) is 59.1 Å². The highest BCUT2D eigenvalue weighted by Gasteiger charge is 2.39. The number of hydrogen-bond donors (Lipinski definition) is 1. The number of alkyl halides is 3.